The second-order valence-corrected chi connectivity index (χ2v) is 6.98. The van der Waals surface area contributed by atoms with Gasteiger partial charge in [0.2, 0.25) is 0 Å². The number of fused-ring (bicyclic) bond motifs is 1. The fraction of sp³-hybridized carbons (Fsp3) is 0.222. The van der Waals surface area contributed by atoms with E-state index >= 15 is 0 Å². The number of halogens is 4. The SMILES string of the molecule is NCCCCc1c(-c2cc(Br)ccc2Cl)[nH]c2c(F)cc(F)cc12. The van der Waals surface area contributed by atoms with Gasteiger partial charge in [-0.05, 0) is 55.6 Å². The van der Waals surface area contributed by atoms with Gasteiger partial charge in [0.15, 0.2) is 0 Å². The minimum absolute atomic E-state index is 0.296. The number of nitrogens with one attached hydrogen (secondary N) is 1. The van der Waals surface area contributed by atoms with E-state index in [2.05, 4.69) is 20.9 Å². The lowest BCUT2D eigenvalue weighted by Gasteiger charge is -2.08. The van der Waals surface area contributed by atoms with Crippen molar-refractivity contribution >= 4 is 38.4 Å². The van der Waals surface area contributed by atoms with Crippen LogP contribution in [0.2, 0.25) is 5.02 Å². The molecule has 2 nitrogen and oxygen atoms in total. The fourth-order valence-electron chi connectivity index (χ4n) is 2.90. The van der Waals surface area contributed by atoms with E-state index in [0.29, 0.717) is 28.9 Å². The molecule has 0 saturated heterocycles. The monoisotopic (exact) mass is 412 g/mol. The van der Waals surface area contributed by atoms with Crippen LogP contribution in [0.5, 0.6) is 0 Å². The molecule has 0 bridgehead atoms. The Labute approximate surface area is 152 Å². The maximum absolute atomic E-state index is 14.2. The minimum Gasteiger partial charge on any atom is -0.352 e. The number of hydrogen-bond acceptors (Lipinski definition) is 1. The maximum atomic E-state index is 14.2. The van der Waals surface area contributed by atoms with E-state index in [1.165, 1.54) is 6.07 Å². The highest BCUT2D eigenvalue weighted by molar-refractivity contribution is 9.10. The average Bonchev–Trinajstić information content (AvgIpc) is 2.89. The van der Waals surface area contributed by atoms with Crippen LogP contribution in [0.1, 0.15) is 18.4 Å². The van der Waals surface area contributed by atoms with Crippen LogP contribution < -0.4 is 5.73 Å². The third-order valence-electron chi connectivity index (χ3n) is 4.01. The third kappa shape index (κ3) is 3.34. The molecule has 0 atom stereocenters. The van der Waals surface area contributed by atoms with Crippen molar-refractivity contribution in [2.45, 2.75) is 19.3 Å². The summed E-state index contributed by atoms with van der Waals surface area (Å²) in [5.74, 6) is -1.20. The third-order valence-corrected chi connectivity index (χ3v) is 4.83. The number of aromatic nitrogens is 1. The quantitative estimate of drug-likeness (QED) is 0.509. The minimum atomic E-state index is -0.609. The summed E-state index contributed by atoms with van der Waals surface area (Å²) >= 11 is 9.76. The van der Waals surface area contributed by atoms with E-state index in [0.717, 1.165) is 40.2 Å². The van der Waals surface area contributed by atoms with Crippen molar-refractivity contribution in [3.05, 3.63) is 57.0 Å². The molecule has 0 aliphatic heterocycles. The highest BCUT2D eigenvalue weighted by atomic mass is 79.9. The molecule has 0 spiro atoms. The Bertz CT molecular complexity index is 892. The molecule has 0 aliphatic carbocycles. The number of H-pyrrole nitrogens is 1. The van der Waals surface area contributed by atoms with Gasteiger partial charge in [-0.3, -0.25) is 0 Å². The van der Waals surface area contributed by atoms with Crippen LogP contribution in [0.3, 0.4) is 0 Å². The largest absolute Gasteiger partial charge is 0.352 e. The second kappa shape index (κ2) is 7.21. The molecule has 126 valence electrons. The standard InChI is InChI=1S/C18H16BrClF2N2/c19-10-4-5-15(20)14(7-10)17-12(3-1-2-6-23)13-8-11(21)9-16(22)18(13)24-17/h4-5,7-9,24H,1-3,6,23H2. The molecular formula is C18H16BrClF2N2. The normalized spacial score (nSPS) is 11.4. The van der Waals surface area contributed by atoms with Crippen molar-refractivity contribution in [2.75, 3.05) is 6.54 Å². The summed E-state index contributed by atoms with van der Waals surface area (Å²) in [6.07, 6.45) is 2.34. The van der Waals surface area contributed by atoms with Crippen LogP contribution in [0.4, 0.5) is 8.78 Å². The van der Waals surface area contributed by atoms with E-state index in [4.69, 9.17) is 17.3 Å². The molecule has 3 N–H and O–H groups in total. The Morgan fingerprint density at radius 1 is 1.12 bits per heavy atom. The predicted molar refractivity (Wildman–Crippen MR) is 98.4 cm³/mol. The molecule has 3 aromatic rings. The average molecular weight is 414 g/mol. The summed E-state index contributed by atoms with van der Waals surface area (Å²) in [7, 11) is 0. The Balaban J connectivity index is 2.23. The van der Waals surface area contributed by atoms with Crippen molar-refractivity contribution in [2.24, 2.45) is 5.73 Å². The molecule has 0 aliphatic rings. The Morgan fingerprint density at radius 2 is 1.92 bits per heavy atom. The molecule has 0 amide bonds. The molecule has 1 aromatic heterocycles. The molecule has 2 aromatic carbocycles. The predicted octanol–water partition coefficient (Wildman–Crippen LogP) is 5.81. The first kappa shape index (κ1) is 17.4. The summed E-state index contributed by atoms with van der Waals surface area (Å²) in [4.78, 5) is 3.09. The molecule has 3 rings (SSSR count). The number of aromatic amines is 1. The van der Waals surface area contributed by atoms with Gasteiger partial charge in [0.05, 0.1) is 11.2 Å². The Hall–Kier alpha value is -1.43. The van der Waals surface area contributed by atoms with Crippen molar-refractivity contribution in [1.82, 2.24) is 4.98 Å². The number of aryl methyl sites for hydroxylation is 1. The highest BCUT2D eigenvalue weighted by Crippen LogP contribution is 2.37. The summed E-state index contributed by atoms with van der Waals surface area (Å²) in [6, 6.07) is 7.72. The highest BCUT2D eigenvalue weighted by Gasteiger charge is 2.18. The summed E-state index contributed by atoms with van der Waals surface area (Å²) < 4.78 is 28.8. The van der Waals surface area contributed by atoms with Crippen LogP contribution >= 0.6 is 27.5 Å². The first-order chi connectivity index (χ1) is 11.5. The Kier molecular flexibility index (Phi) is 5.23. The number of nitrogens with two attached hydrogens (primary N) is 1. The van der Waals surface area contributed by atoms with Crippen molar-refractivity contribution in [3.8, 4) is 11.3 Å². The van der Waals surface area contributed by atoms with Crippen molar-refractivity contribution in [1.29, 1.82) is 0 Å². The first-order valence-electron chi connectivity index (χ1n) is 7.66. The lowest BCUT2D eigenvalue weighted by molar-refractivity contribution is 0.591. The number of rotatable bonds is 5. The molecule has 1 heterocycles. The molecular weight excluding hydrogens is 398 g/mol. The van der Waals surface area contributed by atoms with Gasteiger partial charge < -0.3 is 10.7 Å². The van der Waals surface area contributed by atoms with E-state index in [1.54, 1.807) is 6.07 Å². The molecule has 0 fully saturated rings. The van der Waals surface area contributed by atoms with Gasteiger partial charge in [-0.1, -0.05) is 27.5 Å². The molecule has 0 saturated carbocycles. The van der Waals surface area contributed by atoms with Gasteiger partial charge in [0, 0.05) is 26.5 Å². The van der Waals surface area contributed by atoms with E-state index in [9.17, 15) is 8.78 Å². The summed E-state index contributed by atoms with van der Waals surface area (Å²) in [5, 5.41) is 1.10. The van der Waals surface area contributed by atoms with Gasteiger partial charge in [-0.15, -0.1) is 0 Å². The van der Waals surface area contributed by atoms with E-state index in [-0.39, 0.29) is 0 Å². The van der Waals surface area contributed by atoms with Gasteiger partial charge in [-0.2, -0.15) is 0 Å². The zero-order valence-corrected chi connectivity index (χ0v) is 15.1. The van der Waals surface area contributed by atoms with Gasteiger partial charge in [0.25, 0.3) is 0 Å². The van der Waals surface area contributed by atoms with Crippen LogP contribution in [-0.2, 0) is 6.42 Å². The first-order valence-corrected chi connectivity index (χ1v) is 8.83. The fourth-order valence-corrected chi connectivity index (χ4v) is 3.47. The molecule has 24 heavy (non-hydrogen) atoms. The van der Waals surface area contributed by atoms with Gasteiger partial charge >= 0.3 is 0 Å². The molecule has 6 heteroatoms. The topological polar surface area (TPSA) is 41.8 Å². The molecule has 0 radical (unpaired) electrons. The second-order valence-electron chi connectivity index (χ2n) is 5.66. The van der Waals surface area contributed by atoms with Gasteiger partial charge in [-0.25, -0.2) is 8.78 Å². The van der Waals surface area contributed by atoms with Crippen molar-refractivity contribution < 1.29 is 8.78 Å². The van der Waals surface area contributed by atoms with E-state index < -0.39 is 11.6 Å². The number of benzene rings is 2. The smallest absolute Gasteiger partial charge is 0.150 e. The summed E-state index contributed by atoms with van der Waals surface area (Å²) in [6.45, 7) is 0.581. The maximum Gasteiger partial charge on any atom is 0.150 e. The number of unbranched alkanes of at least 4 members (excludes halogenated alkanes) is 1. The number of hydrogen-bond donors (Lipinski definition) is 2. The molecule has 0 unspecified atom stereocenters. The van der Waals surface area contributed by atoms with Crippen LogP contribution in [0, 0.1) is 11.6 Å². The Morgan fingerprint density at radius 3 is 2.67 bits per heavy atom. The lowest BCUT2D eigenvalue weighted by Crippen LogP contribution is -1.99. The van der Waals surface area contributed by atoms with Crippen LogP contribution in [0.15, 0.2) is 34.8 Å². The zero-order chi connectivity index (χ0) is 17.3. The van der Waals surface area contributed by atoms with E-state index in [1.807, 2.05) is 12.1 Å². The van der Waals surface area contributed by atoms with Crippen molar-refractivity contribution in [3.63, 3.8) is 0 Å². The summed E-state index contributed by atoms with van der Waals surface area (Å²) in [5.41, 5.74) is 8.20. The zero-order valence-electron chi connectivity index (χ0n) is 12.8. The van der Waals surface area contributed by atoms with Gasteiger partial charge in [0.1, 0.15) is 11.6 Å². The van der Waals surface area contributed by atoms with Crippen LogP contribution in [-0.4, -0.2) is 11.5 Å². The van der Waals surface area contributed by atoms with Crippen LogP contribution in [0.25, 0.3) is 22.2 Å². The lowest BCUT2D eigenvalue weighted by atomic mass is 10.00.